The fourth-order valence-corrected chi connectivity index (χ4v) is 1.95. The minimum atomic E-state index is -0.00324. The van der Waals surface area contributed by atoms with Crippen molar-refractivity contribution in [1.82, 2.24) is 10.2 Å². The lowest BCUT2D eigenvalue weighted by atomic mass is 10.3. The highest BCUT2D eigenvalue weighted by atomic mass is 35.5. The van der Waals surface area contributed by atoms with Gasteiger partial charge in [0.25, 0.3) is 0 Å². The molecule has 1 fully saturated rings. The average Bonchev–Trinajstić information content (AvgIpc) is 2.32. The summed E-state index contributed by atoms with van der Waals surface area (Å²) in [4.78, 5) is 13.1. The van der Waals surface area contributed by atoms with Gasteiger partial charge in [0.2, 0.25) is 5.91 Å². The monoisotopic (exact) mass is 269 g/mol. The summed E-state index contributed by atoms with van der Waals surface area (Å²) in [7, 11) is 0. The Morgan fingerprint density at radius 3 is 2.76 bits per heavy atom. The molecule has 1 heterocycles. The Balaban J connectivity index is 1.96. The number of hydrogen-bond donors (Lipinski definition) is 2. The molecule has 1 saturated heterocycles. The van der Waals surface area contributed by atoms with Gasteiger partial charge in [-0.3, -0.25) is 4.79 Å². The summed E-state index contributed by atoms with van der Waals surface area (Å²) >= 11 is 11.0. The van der Waals surface area contributed by atoms with E-state index < -0.39 is 0 Å². The fraction of sp³-hybridized carbons (Fsp3) is 0.273. The third kappa shape index (κ3) is 3.31. The van der Waals surface area contributed by atoms with Crippen LogP contribution in [0.5, 0.6) is 0 Å². The number of carbonyl (C=O) groups is 1. The van der Waals surface area contributed by atoms with Gasteiger partial charge in [-0.2, -0.15) is 0 Å². The number of piperazine rings is 1. The number of nitrogens with zero attached hydrogens (tertiary/aromatic N) is 1. The second-order valence-electron chi connectivity index (χ2n) is 3.71. The molecule has 0 aromatic heterocycles. The average molecular weight is 270 g/mol. The maximum Gasteiger partial charge on any atom is 0.239 e. The Morgan fingerprint density at radius 2 is 2.12 bits per heavy atom. The molecular weight excluding hydrogens is 258 g/mol. The highest BCUT2D eigenvalue weighted by Crippen LogP contribution is 2.14. The molecule has 1 aliphatic rings. The van der Waals surface area contributed by atoms with E-state index in [0.717, 1.165) is 12.2 Å². The molecule has 0 bridgehead atoms. The number of benzene rings is 1. The van der Waals surface area contributed by atoms with E-state index in [1.807, 2.05) is 17.0 Å². The Kier molecular flexibility index (Phi) is 3.81. The van der Waals surface area contributed by atoms with E-state index in [0.29, 0.717) is 23.2 Å². The van der Waals surface area contributed by atoms with Gasteiger partial charge in [0.05, 0.1) is 6.54 Å². The van der Waals surface area contributed by atoms with Crippen molar-refractivity contribution in [3.63, 3.8) is 0 Å². The molecule has 1 aromatic rings. The van der Waals surface area contributed by atoms with Gasteiger partial charge in [-0.05, 0) is 36.5 Å². The molecular formula is C11H12ClN3OS. The first-order valence-corrected chi connectivity index (χ1v) is 6.02. The van der Waals surface area contributed by atoms with Crippen molar-refractivity contribution in [2.75, 3.05) is 25.0 Å². The molecule has 0 aliphatic carbocycles. The summed E-state index contributed by atoms with van der Waals surface area (Å²) in [5, 5.41) is 7.07. The second-order valence-corrected chi connectivity index (χ2v) is 4.53. The van der Waals surface area contributed by atoms with Crippen LogP contribution in [-0.2, 0) is 4.79 Å². The predicted molar refractivity (Wildman–Crippen MR) is 72.3 cm³/mol. The molecule has 90 valence electrons. The molecule has 2 N–H and O–H groups in total. The van der Waals surface area contributed by atoms with E-state index in [1.54, 1.807) is 12.1 Å². The molecule has 6 heteroatoms. The number of hydrogen-bond acceptors (Lipinski definition) is 2. The van der Waals surface area contributed by atoms with E-state index in [1.165, 1.54) is 0 Å². The minimum Gasteiger partial charge on any atom is -0.353 e. The van der Waals surface area contributed by atoms with Crippen molar-refractivity contribution < 1.29 is 4.79 Å². The minimum absolute atomic E-state index is 0.00324. The molecule has 1 aromatic carbocycles. The SMILES string of the molecule is O=C1CN(C(=S)Nc2ccc(Cl)cc2)CCN1. The zero-order valence-corrected chi connectivity index (χ0v) is 10.6. The summed E-state index contributed by atoms with van der Waals surface area (Å²) < 4.78 is 0. The van der Waals surface area contributed by atoms with Gasteiger partial charge in [0.15, 0.2) is 5.11 Å². The molecule has 0 unspecified atom stereocenters. The van der Waals surface area contributed by atoms with Gasteiger partial charge in [-0.1, -0.05) is 11.6 Å². The van der Waals surface area contributed by atoms with Gasteiger partial charge < -0.3 is 15.5 Å². The number of rotatable bonds is 1. The van der Waals surface area contributed by atoms with Crippen LogP contribution >= 0.6 is 23.8 Å². The van der Waals surface area contributed by atoms with Crippen LogP contribution in [-0.4, -0.2) is 35.6 Å². The van der Waals surface area contributed by atoms with E-state index in [9.17, 15) is 4.79 Å². The van der Waals surface area contributed by atoms with Gasteiger partial charge in [-0.25, -0.2) is 0 Å². The van der Waals surface area contributed by atoms with Gasteiger partial charge in [-0.15, -0.1) is 0 Å². The fourth-order valence-electron chi connectivity index (χ4n) is 1.55. The molecule has 17 heavy (non-hydrogen) atoms. The van der Waals surface area contributed by atoms with Crippen LogP contribution in [0.1, 0.15) is 0 Å². The summed E-state index contributed by atoms with van der Waals surface area (Å²) in [5.41, 5.74) is 0.866. The van der Waals surface area contributed by atoms with Crippen molar-refractivity contribution in [3.8, 4) is 0 Å². The van der Waals surface area contributed by atoms with Crippen molar-refractivity contribution in [1.29, 1.82) is 0 Å². The summed E-state index contributed by atoms with van der Waals surface area (Å²) in [6.45, 7) is 1.66. The predicted octanol–water partition coefficient (Wildman–Crippen LogP) is 1.47. The molecule has 0 radical (unpaired) electrons. The quantitative estimate of drug-likeness (QED) is 0.758. The van der Waals surface area contributed by atoms with Crippen molar-refractivity contribution >= 4 is 40.5 Å². The molecule has 0 spiro atoms. The summed E-state index contributed by atoms with van der Waals surface area (Å²) in [6, 6.07) is 7.27. The zero-order chi connectivity index (χ0) is 12.3. The van der Waals surface area contributed by atoms with Gasteiger partial charge in [0, 0.05) is 23.8 Å². The van der Waals surface area contributed by atoms with Crippen LogP contribution in [0, 0.1) is 0 Å². The second kappa shape index (κ2) is 5.33. The molecule has 0 atom stereocenters. The first kappa shape index (κ1) is 12.1. The smallest absolute Gasteiger partial charge is 0.239 e. The Hall–Kier alpha value is -1.33. The number of amides is 1. The van der Waals surface area contributed by atoms with E-state index >= 15 is 0 Å². The molecule has 1 amide bonds. The highest BCUT2D eigenvalue weighted by molar-refractivity contribution is 7.80. The van der Waals surface area contributed by atoms with Crippen LogP contribution in [0.4, 0.5) is 5.69 Å². The standard InChI is InChI=1S/C11H12ClN3OS/c12-8-1-3-9(4-2-8)14-11(17)15-6-5-13-10(16)7-15/h1-4H,5-7H2,(H,13,16)(H,14,17). The van der Waals surface area contributed by atoms with Crippen LogP contribution in [0.25, 0.3) is 0 Å². The molecule has 4 nitrogen and oxygen atoms in total. The molecule has 0 saturated carbocycles. The lowest BCUT2D eigenvalue weighted by Gasteiger charge is -2.29. The highest BCUT2D eigenvalue weighted by Gasteiger charge is 2.18. The maximum absolute atomic E-state index is 11.2. The third-order valence-electron chi connectivity index (χ3n) is 2.42. The largest absolute Gasteiger partial charge is 0.353 e. The third-order valence-corrected chi connectivity index (χ3v) is 3.03. The van der Waals surface area contributed by atoms with Crippen LogP contribution in [0.15, 0.2) is 24.3 Å². The van der Waals surface area contributed by atoms with E-state index in [-0.39, 0.29) is 5.91 Å². The lowest BCUT2D eigenvalue weighted by Crippen LogP contribution is -2.51. The van der Waals surface area contributed by atoms with Gasteiger partial charge >= 0.3 is 0 Å². The zero-order valence-electron chi connectivity index (χ0n) is 9.07. The Morgan fingerprint density at radius 1 is 1.41 bits per heavy atom. The molecule has 2 rings (SSSR count). The maximum atomic E-state index is 11.2. The Bertz CT molecular complexity index is 435. The Labute approximate surface area is 110 Å². The van der Waals surface area contributed by atoms with Crippen LogP contribution in [0.2, 0.25) is 5.02 Å². The van der Waals surface area contributed by atoms with Gasteiger partial charge in [0.1, 0.15) is 0 Å². The summed E-state index contributed by atoms with van der Waals surface area (Å²) in [6.07, 6.45) is 0. The van der Waals surface area contributed by atoms with Crippen molar-refractivity contribution in [3.05, 3.63) is 29.3 Å². The number of halogens is 1. The van der Waals surface area contributed by atoms with E-state index in [2.05, 4.69) is 10.6 Å². The number of anilines is 1. The van der Waals surface area contributed by atoms with Crippen LogP contribution < -0.4 is 10.6 Å². The van der Waals surface area contributed by atoms with Crippen LogP contribution in [0.3, 0.4) is 0 Å². The summed E-state index contributed by atoms with van der Waals surface area (Å²) in [5.74, 6) is -0.00324. The van der Waals surface area contributed by atoms with Crippen molar-refractivity contribution in [2.24, 2.45) is 0 Å². The first-order valence-electron chi connectivity index (χ1n) is 5.23. The lowest BCUT2D eigenvalue weighted by molar-refractivity contribution is -0.122. The van der Waals surface area contributed by atoms with Crippen molar-refractivity contribution in [2.45, 2.75) is 0 Å². The number of carbonyl (C=O) groups excluding carboxylic acids is 1. The molecule has 1 aliphatic heterocycles. The normalized spacial score (nSPS) is 15.4. The number of nitrogens with one attached hydrogen (secondary N) is 2. The van der Waals surface area contributed by atoms with E-state index in [4.69, 9.17) is 23.8 Å². The topological polar surface area (TPSA) is 44.4 Å². The number of thiocarbonyl (C=S) groups is 1. The first-order chi connectivity index (χ1) is 8.15.